The summed E-state index contributed by atoms with van der Waals surface area (Å²) in [5.74, 6) is -1.86. The molecule has 2 aliphatic rings. The summed E-state index contributed by atoms with van der Waals surface area (Å²) >= 11 is 5.95. The van der Waals surface area contributed by atoms with Crippen molar-refractivity contribution in [1.29, 1.82) is 0 Å². The number of carbonyl (C=O) groups excluding carboxylic acids is 1. The highest BCUT2D eigenvalue weighted by atomic mass is 35.5. The number of allylic oxidation sites excluding steroid dienone is 2. The molecule has 0 saturated carbocycles. The van der Waals surface area contributed by atoms with Crippen LogP contribution in [0.1, 0.15) is 5.56 Å². The highest BCUT2D eigenvalue weighted by Crippen LogP contribution is 2.40. The molecule has 0 radical (unpaired) electrons. The number of methoxy groups -OCH3 is 1. The van der Waals surface area contributed by atoms with Crippen molar-refractivity contribution in [2.45, 2.75) is 11.8 Å². The van der Waals surface area contributed by atoms with Crippen molar-refractivity contribution in [2.75, 3.05) is 7.11 Å². The van der Waals surface area contributed by atoms with Crippen LogP contribution < -0.4 is 0 Å². The van der Waals surface area contributed by atoms with E-state index in [1.807, 2.05) is 0 Å². The largest absolute Gasteiger partial charge is 0.465 e. The van der Waals surface area contributed by atoms with E-state index < -0.39 is 17.8 Å². The first kappa shape index (κ1) is 17.2. The number of benzene rings is 1. The second-order valence-electron chi connectivity index (χ2n) is 5.15. The molecule has 1 aromatic carbocycles. The number of esters is 1. The van der Waals surface area contributed by atoms with Gasteiger partial charge in [-0.05, 0) is 12.2 Å². The maximum atomic E-state index is 13.8. The third kappa shape index (κ3) is 2.82. The normalized spacial score (nSPS) is 22.6. The van der Waals surface area contributed by atoms with Crippen LogP contribution in [0.25, 0.3) is 0 Å². The topological polar surface area (TPSA) is 54.3 Å². The molecule has 130 valence electrons. The number of rotatable bonds is 2. The Morgan fingerprint density at radius 2 is 1.88 bits per heavy atom. The van der Waals surface area contributed by atoms with Gasteiger partial charge in [-0.25, -0.2) is 14.8 Å². The van der Waals surface area contributed by atoms with Crippen molar-refractivity contribution in [2.24, 2.45) is 9.98 Å². The second kappa shape index (κ2) is 6.03. The highest BCUT2D eigenvalue weighted by molar-refractivity contribution is 6.32. The molecule has 0 saturated heterocycles. The average molecular weight is 370 g/mol. The fraction of sp³-hybridized carbons (Fsp3) is 0.188. The average Bonchev–Trinajstić information content (AvgIpc) is 2.60. The Balaban J connectivity index is 2.28. The van der Waals surface area contributed by atoms with E-state index in [-0.39, 0.29) is 16.7 Å². The SMILES string of the molecule is COC(=O)[C@]1(C(F)(F)F)N=C2C=CC(Cl)=CN2C(c2ccccc2)=N1. The van der Waals surface area contributed by atoms with Gasteiger partial charge >= 0.3 is 17.8 Å². The third-order valence-corrected chi connectivity index (χ3v) is 3.78. The molecule has 0 aliphatic carbocycles. The Labute approximate surface area is 145 Å². The molecule has 1 aromatic rings. The predicted octanol–water partition coefficient (Wildman–Crippen LogP) is 3.23. The number of fused-ring (bicyclic) bond motifs is 1. The van der Waals surface area contributed by atoms with E-state index in [2.05, 4.69) is 14.7 Å². The van der Waals surface area contributed by atoms with Crippen LogP contribution >= 0.6 is 11.6 Å². The molecule has 0 fully saturated rings. The molecule has 0 aromatic heterocycles. The van der Waals surface area contributed by atoms with Crippen LogP contribution in [0, 0.1) is 0 Å². The second-order valence-corrected chi connectivity index (χ2v) is 5.59. The lowest BCUT2D eigenvalue weighted by Crippen LogP contribution is -2.55. The summed E-state index contributed by atoms with van der Waals surface area (Å²) in [6, 6.07) is 8.13. The van der Waals surface area contributed by atoms with Gasteiger partial charge in [0.15, 0.2) is 0 Å². The zero-order valence-corrected chi connectivity index (χ0v) is 13.5. The number of hydrogen-bond donors (Lipinski definition) is 0. The smallest absolute Gasteiger partial charge is 0.445 e. The molecule has 5 nitrogen and oxygen atoms in total. The van der Waals surface area contributed by atoms with Crippen molar-refractivity contribution in [3.8, 4) is 0 Å². The van der Waals surface area contributed by atoms with Gasteiger partial charge in [0.1, 0.15) is 11.7 Å². The lowest BCUT2D eigenvalue weighted by atomic mass is 10.1. The van der Waals surface area contributed by atoms with E-state index in [1.165, 1.54) is 23.3 Å². The maximum Gasteiger partial charge on any atom is 0.445 e. The first-order chi connectivity index (χ1) is 11.8. The zero-order chi connectivity index (χ0) is 18.2. The molecule has 9 heteroatoms. The van der Waals surface area contributed by atoms with E-state index >= 15 is 0 Å². The van der Waals surface area contributed by atoms with E-state index in [9.17, 15) is 18.0 Å². The van der Waals surface area contributed by atoms with Crippen molar-refractivity contribution < 1.29 is 22.7 Å². The maximum absolute atomic E-state index is 13.8. The van der Waals surface area contributed by atoms with Gasteiger partial charge in [0, 0.05) is 11.8 Å². The summed E-state index contributed by atoms with van der Waals surface area (Å²) in [5, 5.41) is 0.278. The molecule has 0 unspecified atom stereocenters. The summed E-state index contributed by atoms with van der Waals surface area (Å²) in [4.78, 5) is 20.5. The Morgan fingerprint density at radius 1 is 1.20 bits per heavy atom. The van der Waals surface area contributed by atoms with Crippen molar-refractivity contribution in [1.82, 2.24) is 4.90 Å². The Kier molecular flexibility index (Phi) is 4.16. The summed E-state index contributed by atoms with van der Waals surface area (Å²) < 4.78 is 45.6. The molecule has 2 heterocycles. The van der Waals surface area contributed by atoms with Gasteiger partial charge < -0.3 is 4.74 Å². The molecule has 25 heavy (non-hydrogen) atoms. The number of hydrogen-bond acceptors (Lipinski definition) is 5. The van der Waals surface area contributed by atoms with E-state index in [1.54, 1.807) is 30.3 Å². The van der Waals surface area contributed by atoms with Crippen LogP contribution in [0.2, 0.25) is 0 Å². The summed E-state index contributed by atoms with van der Waals surface area (Å²) in [7, 11) is 0.855. The fourth-order valence-corrected chi connectivity index (χ4v) is 2.55. The number of carbonyl (C=O) groups is 1. The Bertz CT molecular complexity index is 831. The molecule has 2 aliphatic heterocycles. The number of ether oxygens (including phenoxy) is 1. The first-order valence-corrected chi connectivity index (χ1v) is 7.41. The monoisotopic (exact) mass is 369 g/mol. The van der Waals surface area contributed by atoms with Gasteiger partial charge in [0.05, 0.1) is 12.1 Å². The van der Waals surface area contributed by atoms with Gasteiger partial charge in [-0.2, -0.15) is 13.2 Å². The molecule has 1 atom stereocenters. The van der Waals surface area contributed by atoms with Gasteiger partial charge in [0.2, 0.25) is 0 Å². The van der Waals surface area contributed by atoms with Crippen LogP contribution in [-0.4, -0.2) is 41.5 Å². The molecule has 0 N–H and O–H groups in total. The number of aliphatic imine (C=N–C) groups is 2. The van der Waals surface area contributed by atoms with E-state index in [0.717, 1.165) is 7.11 Å². The quantitative estimate of drug-likeness (QED) is 0.752. The minimum atomic E-state index is -5.09. The van der Waals surface area contributed by atoms with E-state index in [4.69, 9.17) is 11.6 Å². The number of nitrogens with zero attached hydrogens (tertiary/aromatic N) is 3. The lowest BCUT2D eigenvalue weighted by Gasteiger charge is -2.36. The minimum Gasteiger partial charge on any atom is -0.465 e. The number of alkyl halides is 3. The van der Waals surface area contributed by atoms with Gasteiger partial charge in [-0.3, -0.25) is 4.90 Å². The first-order valence-electron chi connectivity index (χ1n) is 7.03. The number of amidine groups is 2. The molecular formula is C16H11ClF3N3O2. The molecule has 0 bridgehead atoms. The minimum absolute atomic E-state index is 0.115. The van der Waals surface area contributed by atoms with E-state index in [0.29, 0.717) is 5.56 Å². The van der Waals surface area contributed by atoms with Crippen molar-refractivity contribution in [3.05, 3.63) is 59.3 Å². The van der Waals surface area contributed by atoms with Crippen molar-refractivity contribution >= 4 is 29.2 Å². The molecule has 0 amide bonds. The van der Waals surface area contributed by atoms with Crippen LogP contribution in [0.5, 0.6) is 0 Å². The zero-order valence-electron chi connectivity index (χ0n) is 12.8. The highest BCUT2D eigenvalue weighted by Gasteiger charge is 2.64. The Hall–Kier alpha value is -2.61. The number of halogens is 4. The molecule has 0 spiro atoms. The predicted molar refractivity (Wildman–Crippen MR) is 86.1 cm³/mol. The molecular weight excluding hydrogens is 359 g/mol. The third-order valence-electron chi connectivity index (χ3n) is 3.56. The van der Waals surface area contributed by atoms with Gasteiger partial charge in [-0.15, -0.1) is 0 Å². The summed E-state index contributed by atoms with van der Waals surface area (Å²) in [6.45, 7) is 0. The summed E-state index contributed by atoms with van der Waals surface area (Å²) in [6.07, 6.45) is -1.05. The van der Waals surface area contributed by atoms with Crippen LogP contribution in [0.15, 0.2) is 63.7 Å². The van der Waals surface area contributed by atoms with Crippen molar-refractivity contribution in [3.63, 3.8) is 0 Å². The van der Waals surface area contributed by atoms with Gasteiger partial charge in [-0.1, -0.05) is 41.9 Å². The summed E-state index contributed by atoms with van der Waals surface area (Å²) in [5.41, 5.74) is -3.01. The molecule has 3 rings (SSSR count). The fourth-order valence-electron chi connectivity index (χ4n) is 2.39. The van der Waals surface area contributed by atoms with Gasteiger partial charge in [0.25, 0.3) is 0 Å². The van der Waals surface area contributed by atoms with Crippen LogP contribution in [0.4, 0.5) is 13.2 Å². The van der Waals surface area contributed by atoms with Crippen LogP contribution in [-0.2, 0) is 9.53 Å². The van der Waals surface area contributed by atoms with Crippen LogP contribution in [0.3, 0.4) is 0 Å². The Morgan fingerprint density at radius 3 is 2.48 bits per heavy atom. The lowest BCUT2D eigenvalue weighted by molar-refractivity contribution is -0.202. The standard InChI is InChI=1S/C16H11ClF3N3O2/c1-25-14(24)15(16(18,19)20)21-12-8-7-11(17)9-23(12)13(22-15)10-5-3-2-4-6-10/h2-9H,1H3/t15-/m0/s1.